The van der Waals surface area contributed by atoms with Gasteiger partial charge in [0.1, 0.15) is 0 Å². The lowest BCUT2D eigenvalue weighted by Crippen LogP contribution is -2.35. The quantitative estimate of drug-likeness (QED) is 0.0213. The van der Waals surface area contributed by atoms with E-state index in [1.54, 1.807) is 14.2 Å². The van der Waals surface area contributed by atoms with Gasteiger partial charge < -0.3 is 34.3 Å². The average molecular weight is 887 g/mol. The van der Waals surface area contributed by atoms with Crippen LogP contribution in [0.3, 0.4) is 0 Å². The molecule has 0 spiro atoms. The van der Waals surface area contributed by atoms with Gasteiger partial charge in [-0.15, -0.1) is 46.4 Å². The summed E-state index contributed by atoms with van der Waals surface area (Å²) < 4.78 is 43.2. The van der Waals surface area contributed by atoms with Crippen LogP contribution >= 0.6 is 61.8 Å². The zero-order chi connectivity index (χ0) is 41.4. The lowest BCUT2D eigenvalue weighted by molar-refractivity contribution is -0.168. The molecule has 0 fully saturated rings. The number of hydrogen-bond acceptors (Lipinski definition) is 9. The highest BCUT2D eigenvalue weighted by Crippen LogP contribution is 2.62. The zero-order valence-electron chi connectivity index (χ0n) is 33.4. The predicted octanol–water partition coefficient (Wildman–Crippen LogP) is 9.18. The number of carbonyl (C=O) groups excluding carboxylic acids is 1. The van der Waals surface area contributed by atoms with Crippen LogP contribution in [0, 0.1) is 13.8 Å². The lowest BCUT2D eigenvalue weighted by Gasteiger charge is -2.38. The predicted molar refractivity (Wildman–Crippen MR) is 237 cm³/mol. The summed E-state index contributed by atoms with van der Waals surface area (Å²) in [5.74, 6) is 1.75. The van der Waals surface area contributed by atoms with Gasteiger partial charge in [-0.1, -0.05) is 24.9 Å². The molecule has 0 amide bonds. The zero-order valence-corrected chi connectivity index (χ0v) is 38.2. The fourth-order valence-corrected chi connectivity index (χ4v) is 10.7. The molecule has 1 radical (unpaired) electrons. The van der Waals surface area contributed by atoms with Gasteiger partial charge in [-0.25, -0.2) is 0 Å². The van der Waals surface area contributed by atoms with E-state index in [4.69, 9.17) is 71.0 Å². The van der Waals surface area contributed by atoms with E-state index in [0.717, 1.165) is 39.8 Å². The number of anilines is 2. The molecule has 4 atom stereocenters. The summed E-state index contributed by atoms with van der Waals surface area (Å²) in [6.45, 7) is 15.3. The molecule has 17 heteroatoms. The Kier molecular flexibility index (Phi) is 27.0. The van der Waals surface area contributed by atoms with Crippen molar-refractivity contribution in [1.82, 2.24) is 0 Å². The highest BCUT2D eigenvalue weighted by molar-refractivity contribution is 7.60. The van der Waals surface area contributed by atoms with E-state index < -0.39 is 20.9 Å². The SMILES string of the molecule is CCOC(C)(OCC)P(=O)(CC(CC[B]C=O)c1cc(N(CCCl)CCCl)ccc1C)OCC.Cc1ccc(N(CCCl)CCCl)cc1C(CN)C[P+](=O)O. The Balaban J connectivity index is 0.000000615. The molecule has 4 unspecified atom stereocenters. The Labute approximate surface area is 352 Å². The van der Waals surface area contributed by atoms with Crippen molar-refractivity contribution in [1.29, 1.82) is 0 Å². The molecule has 0 saturated carbocycles. The van der Waals surface area contributed by atoms with Crippen molar-refractivity contribution in [2.45, 2.75) is 71.6 Å². The summed E-state index contributed by atoms with van der Waals surface area (Å²) in [6, 6.07) is 12.3. The van der Waals surface area contributed by atoms with Crippen molar-refractivity contribution in [3.8, 4) is 0 Å². The Hall–Kier alpha value is -0.935. The maximum absolute atomic E-state index is 14.4. The van der Waals surface area contributed by atoms with Gasteiger partial charge in [0.2, 0.25) is 5.53 Å². The van der Waals surface area contributed by atoms with Crippen molar-refractivity contribution >= 4 is 86.6 Å². The third kappa shape index (κ3) is 17.1. The van der Waals surface area contributed by atoms with E-state index in [0.29, 0.717) is 82.2 Å². The van der Waals surface area contributed by atoms with Crippen LogP contribution in [0.5, 0.6) is 0 Å². The molecule has 2 aromatic carbocycles. The van der Waals surface area contributed by atoms with E-state index >= 15 is 0 Å². The largest absolute Gasteiger partial charge is 0.506 e. The first-order valence-corrected chi connectivity index (χ1v) is 24.2. The minimum absolute atomic E-state index is 0.118. The third-order valence-electron chi connectivity index (χ3n) is 9.23. The average Bonchev–Trinajstić information content (AvgIpc) is 3.14. The highest BCUT2D eigenvalue weighted by Gasteiger charge is 2.49. The van der Waals surface area contributed by atoms with Gasteiger partial charge in [0.15, 0.2) is 13.4 Å². The minimum Gasteiger partial charge on any atom is -0.369 e. The smallest absolute Gasteiger partial charge is 0.369 e. The van der Waals surface area contributed by atoms with Gasteiger partial charge >= 0.3 is 8.03 Å². The maximum Gasteiger partial charge on any atom is 0.506 e. The number of rotatable bonds is 28. The molecule has 0 aliphatic carbocycles. The van der Waals surface area contributed by atoms with E-state index in [9.17, 15) is 13.9 Å². The summed E-state index contributed by atoms with van der Waals surface area (Å²) in [5.41, 5.74) is 10.7. The van der Waals surface area contributed by atoms with Crippen LogP contribution in [0.2, 0.25) is 6.32 Å². The molecule has 3 N–H and O–H groups in total. The molecule has 55 heavy (non-hydrogen) atoms. The molecule has 0 aliphatic rings. The normalized spacial score (nSPS) is 13.9. The fourth-order valence-electron chi connectivity index (χ4n) is 6.48. The number of carbonyl (C=O) groups is 1. The van der Waals surface area contributed by atoms with E-state index in [1.807, 2.05) is 52.8 Å². The van der Waals surface area contributed by atoms with Crippen molar-refractivity contribution in [3.63, 3.8) is 0 Å². The molecule has 311 valence electrons. The molecule has 0 aliphatic heterocycles. The highest BCUT2D eigenvalue weighted by atomic mass is 35.5. The molecule has 0 saturated heterocycles. The first-order valence-electron chi connectivity index (χ1n) is 18.9. The molecular weight excluding hydrogens is 825 g/mol. The van der Waals surface area contributed by atoms with Crippen molar-refractivity contribution in [2.75, 3.05) is 98.2 Å². The first-order chi connectivity index (χ1) is 26.3. The van der Waals surface area contributed by atoms with Crippen LogP contribution < -0.4 is 15.5 Å². The van der Waals surface area contributed by atoms with Crippen LogP contribution in [-0.4, -0.2) is 112 Å². The van der Waals surface area contributed by atoms with Gasteiger partial charge in [-0.2, -0.15) is 4.89 Å². The van der Waals surface area contributed by atoms with Gasteiger partial charge in [-0.3, -0.25) is 4.57 Å². The molecule has 0 aromatic heterocycles. The van der Waals surface area contributed by atoms with Gasteiger partial charge in [0.25, 0.3) is 7.37 Å². The van der Waals surface area contributed by atoms with Crippen molar-refractivity contribution in [3.05, 3.63) is 58.7 Å². The van der Waals surface area contributed by atoms with Crippen LogP contribution in [-0.2, 0) is 27.9 Å². The number of aryl methyl sites for hydroxylation is 2. The fraction of sp³-hybridized carbons (Fsp3) is 0.658. The molecular formula is C38H62BCl4N3O7P2+. The van der Waals surface area contributed by atoms with Crippen LogP contribution in [0.15, 0.2) is 36.4 Å². The minimum atomic E-state index is -3.43. The van der Waals surface area contributed by atoms with E-state index in [1.165, 1.54) is 0 Å². The molecule has 2 aromatic rings. The third-order valence-corrected chi connectivity index (χ3v) is 13.8. The second-order valence-electron chi connectivity index (χ2n) is 13.0. The second-order valence-corrected chi connectivity index (χ2v) is 18.3. The summed E-state index contributed by atoms with van der Waals surface area (Å²) >= 11 is 23.7. The number of nitrogens with two attached hydrogens (primary N) is 1. The Morgan fingerprint density at radius 3 is 1.67 bits per heavy atom. The lowest BCUT2D eigenvalue weighted by atomic mass is 9.73. The number of nitrogens with zero attached hydrogens (tertiary/aromatic N) is 2. The summed E-state index contributed by atoms with van der Waals surface area (Å²) in [5, 5.41) is 0. The summed E-state index contributed by atoms with van der Waals surface area (Å²) in [4.78, 5) is 24.4. The number of ether oxygens (including phenoxy) is 2. The topological polar surface area (TPSA) is 132 Å². The maximum atomic E-state index is 14.4. The van der Waals surface area contributed by atoms with Gasteiger partial charge in [-0.05, 0) is 98.5 Å². The van der Waals surface area contributed by atoms with E-state index in [-0.39, 0.29) is 30.8 Å². The molecule has 0 heterocycles. The second kappa shape index (κ2) is 28.5. The van der Waals surface area contributed by atoms with Crippen LogP contribution in [0.25, 0.3) is 0 Å². The Morgan fingerprint density at radius 2 is 1.31 bits per heavy atom. The summed E-state index contributed by atoms with van der Waals surface area (Å²) in [7, 11) is -4.04. The van der Waals surface area contributed by atoms with Gasteiger partial charge in [0, 0.05) is 92.9 Å². The summed E-state index contributed by atoms with van der Waals surface area (Å²) in [6.07, 6.45) is 2.42. The first kappa shape index (κ1) is 52.1. The monoisotopic (exact) mass is 885 g/mol. The van der Waals surface area contributed by atoms with Crippen molar-refractivity contribution in [2.24, 2.45) is 5.73 Å². The molecule has 10 nitrogen and oxygen atoms in total. The Morgan fingerprint density at radius 1 is 0.855 bits per heavy atom. The number of halogens is 4. The van der Waals surface area contributed by atoms with Crippen LogP contribution in [0.1, 0.15) is 68.2 Å². The van der Waals surface area contributed by atoms with Gasteiger partial charge in [0.05, 0.1) is 12.8 Å². The number of hydrogen-bond donors (Lipinski definition) is 2. The number of benzene rings is 2. The Bertz CT molecular complexity index is 1450. The number of alkyl halides is 4. The standard InChI is InChI=1S/C24H40BCl2NO5P.C14H21Cl2N2O2P/c1-6-31-24(5,32-7-2)34(30,33-8-3)18-21(11-12-25-19-29)23-17-22(10-9-20(23)4)28(15-13-26)16-14-27;1-11-2-3-13(18(6-4-15)7-5-16)8-14(11)12(9-17)10-21(19)20/h9-10,17,19,21H,6-8,11-16,18H2,1-5H3;2-3,8,12H,4-7,9-10,17H2,1H3/p+1. The van der Waals surface area contributed by atoms with E-state index in [2.05, 4.69) is 28.0 Å². The van der Waals surface area contributed by atoms with Crippen LogP contribution in [0.4, 0.5) is 11.4 Å². The molecule has 0 bridgehead atoms. The van der Waals surface area contributed by atoms with Crippen molar-refractivity contribution < 1.29 is 32.8 Å². The molecule has 2 rings (SSSR count).